The van der Waals surface area contributed by atoms with Gasteiger partial charge in [0, 0.05) is 0 Å². The highest BCUT2D eigenvalue weighted by molar-refractivity contribution is 7.98. The van der Waals surface area contributed by atoms with E-state index in [1.165, 1.54) is 12.3 Å². The van der Waals surface area contributed by atoms with Crippen molar-refractivity contribution in [2.24, 2.45) is 0 Å². The highest BCUT2D eigenvalue weighted by atomic mass is 32.2. The Hall–Kier alpha value is -2.68. The molecule has 0 aliphatic carbocycles. The van der Waals surface area contributed by atoms with Gasteiger partial charge in [-0.1, -0.05) is 11.8 Å². The van der Waals surface area contributed by atoms with Crippen LogP contribution in [0.25, 0.3) is 11.3 Å². The van der Waals surface area contributed by atoms with Gasteiger partial charge in [-0.25, -0.2) is 4.98 Å². The lowest BCUT2D eigenvalue weighted by Crippen LogP contribution is -2.18. The smallest absolute Gasteiger partial charge is 0.417 e. The second-order valence-electron chi connectivity index (χ2n) is 5.01. The molecule has 0 aliphatic heterocycles. The number of thioether (sulfide) groups is 1. The molecule has 0 amide bonds. The zero-order valence-electron chi connectivity index (χ0n) is 13.5. The quantitative estimate of drug-likeness (QED) is 0.470. The number of methoxy groups -OCH3 is 1. The van der Waals surface area contributed by atoms with Gasteiger partial charge in [0.05, 0.1) is 23.8 Å². The van der Waals surface area contributed by atoms with E-state index >= 15 is 0 Å². The van der Waals surface area contributed by atoms with Crippen LogP contribution in [-0.4, -0.2) is 23.3 Å². The summed E-state index contributed by atoms with van der Waals surface area (Å²) in [6, 6.07) is 1.67. The Morgan fingerprint density at radius 3 is 2.26 bits per heavy atom. The second-order valence-corrected chi connectivity index (χ2v) is 5.80. The maximum absolute atomic E-state index is 13.5. The van der Waals surface area contributed by atoms with E-state index in [0.717, 1.165) is 18.9 Å². The van der Waals surface area contributed by atoms with Gasteiger partial charge < -0.3 is 9.72 Å². The fourth-order valence-corrected chi connectivity index (χ4v) is 2.62. The number of nitriles is 1. The van der Waals surface area contributed by atoms with E-state index in [4.69, 9.17) is 10.00 Å². The van der Waals surface area contributed by atoms with E-state index in [1.807, 2.05) is 0 Å². The van der Waals surface area contributed by atoms with Crippen molar-refractivity contribution in [3.05, 3.63) is 39.2 Å². The molecule has 1 N–H and O–H groups in total. The molecule has 0 bridgehead atoms. The monoisotopic (exact) mass is 409 g/mol. The largest absolute Gasteiger partial charge is 0.496 e. The molecule has 0 radical (unpaired) electrons. The molecule has 12 heteroatoms. The lowest BCUT2D eigenvalue weighted by molar-refractivity contribution is -0.142. The maximum atomic E-state index is 13.5. The number of hydrogen-bond acceptors (Lipinski definition) is 5. The van der Waals surface area contributed by atoms with Crippen LogP contribution in [0.5, 0.6) is 5.75 Å². The number of alkyl halides is 6. The molecule has 5 nitrogen and oxygen atoms in total. The number of H-pyrrole nitrogens is 1. The summed E-state index contributed by atoms with van der Waals surface area (Å²) in [5, 5.41) is 9.03. The average molecular weight is 409 g/mol. The first kappa shape index (κ1) is 20.6. The molecule has 144 valence electrons. The summed E-state index contributed by atoms with van der Waals surface area (Å²) in [4.78, 5) is 18.0. The standard InChI is InChI=1S/C15H9F6N3O2S/c1-26-9-4-6(14(16,17)18)3-8(15(19,20)21)10(9)11-7(5-22)12(25)24-13(23-11)27-2/h3-4H,1-2H3,(H,23,24,25). The molecule has 1 aromatic heterocycles. The van der Waals surface area contributed by atoms with Crippen molar-refractivity contribution >= 4 is 11.8 Å². The molecule has 1 aromatic carbocycles. The van der Waals surface area contributed by atoms with E-state index in [-0.39, 0.29) is 11.2 Å². The van der Waals surface area contributed by atoms with Crippen LogP contribution < -0.4 is 10.3 Å². The van der Waals surface area contributed by atoms with Gasteiger partial charge in [-0.3, -0.25) is 4.79 Å². The van der Waals surface area contributed by atoms with Gasteiger partial charge in [0.25, 0.3) is 5.56 Å². The highest BCUT2D eigenvalue weighted by Gasteiger charge is 2.41. The maximum Gasteiger partial charge on any atom is 0.417 e. The summed E-state index contributed by atoms with van der Waals surface area (Å²) in [6.45, 7) is 0. The Labute approximate surface area is 152 Å². The summed E-state index contributed by atoms with van der Waals surface area (Å²) < 4.78 is 84.2. The number of aromatic amines is 1. The Balaban J connectivity index is 3.03. The van der Waals surface area contributed by atoms with Crippen molar-refractivity contribution in [1.82, 2.24) is 9.97 Å². The van der Waals surface area contributed by atoms with Crippen LogP contribution in [0.3, 0.4) is 0 Å². The minimum Gasteiger partial charge on any atom is -0.496 e. The lowest BCUT2D eigenvalue weighted by Gasteiger charge is -2.19. The molecule has 1 heterocycles. The van der Waals surface area contributed by atoms with Crippen LogP contribution in [0, 0.1) is 11.3 Å². The predicted molar refractivity (Wildman–Crippen MR) is 83.3 cm³/mol. The Bertz CT molecular complexity index is 976. The van der Waals surface area contributed by atoms with Crippen molar-refractivity contribution in [3.63, 3.8) is 0 Å². The fourth-order valence-electron chi connectivity index (χ4n) is 2.24. The van der Waals surface area contributed by atoms with E-state index < -0.39 is 51.6 Å². The zero-order chi connectivity index (χ0) is 20.6. The van der Waals surface area contributed by atoms with E-state index in [9.17, 15) is 31.1 Å². The third-order valence-electron chi connectivity index (χ3n) is 3.39. The van der Waals surface area contributed by atoms with Crippen LogP contribution in [0.4, 0.5) is 26.3 Å². The summed E-state index contributed by atoms with van der Waals surface area (Å²) >= 11 is 0.867. The number of benzene rings is 1. The number of hydrogen-bond donors (Lipinski definition) is 1. The molecule has 2 aromatic rings. The number of nitrogens with zero attached hydrogens (tertiary/aromatic N) is 2. The van der Waals surface area contributed by atoms with Crippen molar-refractivity contribution in [2.75, 3.05) is 13.4 Å². The van der Waals surface area contributed by atoms with Crippen LogP contribution in [0.15, 0.2) is 22.1 Å². The first-order valence-electron chi connectivity index (χ1n) is 6.89. The Morgan fingerprint density at radius 2 is 1.81 bits per heavy atom. The fraction of sp³-hybridized carbons (Fsp3) is 0.267. The van der Waals surface area contributed by atoms with Crippen molar-refractivity contribution in [3.8, 4) is 23.1 Å². The summed E-state index contributed by atoms with van der Waals surface area (Å²) in [7, 11) is 0.869. The molecule has 0 saturated heterocycles. The van der Waals surface area contributed by atoms with Gasteiger partial charge in [0.1, 0.15) is 23.1 Å². The predicted octanol–water partition coefficient (Wildman–Crippen LogP) is 4.08. The molecule has 0 fully saturated rings. The number of rotatable bonds is 3. The molecule has 0 atom stereocenters. The van der Waals surface area contributed by atoms with Crippen molar-refractivity contribution in [2.45, 2.75) is 17.5 Å². The lowest BCUT2D eigenvalue weighted by atomic mass is 9.96. The van der Waals surface area contributed by atoms with Gasteiger partial charge in [-0.2, -0.15) is 31.6 Å². The summed E-state index contributed by atoms with van der Waals surface area (Å²) in [6.07, 6.45) is -8.85. The van der Waals surface area contributed by atoms with E-state index in [0.29, 0.717) is 6.07 Å². The Morgan fingerprint density at radius 1 is 1.19 bits per heavy atom. The summed E-state index contributed by atoms with van der Waals surface area (Å²) in [5.74, 6) is -0.821. The van der Waals surface area contributed by atoms with E-state index in [2.05, 4.69) is 9.97 Å². The molecule has 0 saturated carbocycles. The first-order chi connectivity index (χ1) is 12.4. The first-order valence-corrected chi connectivity index (χ1v) is 8.11. The van der Waals surface area contributed by atoms with Gasteiger partial charge in [0.15, 0.2) is 5.16 Å². The molecular formula is C15H9F6N3O2S. The number of ether oxygens (including phenoxy) is 1. The van der Waals surface area contributed by atoms with Crippen LogP contribution in [0.1, 0.15) is 16.7 Å². The highest BCUT2D eigenvalue weighted by Crippen LogP contribution is 2.45. The number of halogens is 6. The second kappa shape index (κ2) is 7.15. The third kappa shape index (κ3) is 4.02. The van der Waals surface area contributed by atoms with Gasteiger partial charge in [-0.15, -0.1) is 0 Å². The van der Waals surface area contributed by atoms with Gasteiger partial charge in [-0.05, 0) is 18.4 Å². The molecular weight excluding hydrogens is 400 g/mol. The number of nitrogens with one attached hydrogen (secondary N) is 1. The molecule has 2 rings (SSSR count). The third-order valence-corrected chi connectivity index (χ3v) is 3.97. The molecule has 0 aliphatic rings. The molecule has 0 unspecified atom stereocenters. The van der Waals surface area contributed by atoms with Crippen molar-refractivity contribution < 1.29 is 31.1 Å². The minimum absolute atomic E-state index is 0.110. The van der Waals surface area contributed by atoms with Crippen LogP contribution >= 0.6 is 11.8 Å². The van der Waals surface area contributed by atoms with Crippen LogP contribution in [0.2, 0.25) is 0 Å². The summed E-state index contributed by atoms with van der Waals surface area (Å²) in [5.41, 5.74) is -6.77. The normalized spacial score (nSPS) is 12.0. The van der Waals surface area contributed by atoms with Crippen LogP contribution in [-0.2, 0) is 12.4 Å². The van der Waals surface area contributed by atoms with Gasteiger partial charge >= 0.3 is 12.4 Å². The van der Waals surface area contributed by atoms with Crippen molar-refractivity contribution in [1.29, 1.82) is 5.26 Å². The van der Waals surface area contributed by atoms with E-state index in [1.54, 1.807) is 0 Å². The average Bonchev–Trinajstić information content (AvgIpc) is 2.58. The molecule has 27 heavy (non-hydrogen) atoms. The minimum atomic E-state index is -5.24. The van der Waals surface area contributed by atoms with Gasteiger partial charge in [0.2, 0.25) is 0 Å². The zero-order valence-corrected chi connectivity index (χ0v) is 14.4. The molecule has 0 spiro atoms. The Kier molecular flexibility index (Phi) is 5.46. The topological polar surface area (TPSA) is 78.8 Å². The number of aromatic nitrogens is 2. The SMILES string of the molecule is COc1cc(C(F)(F)F)cc(C(F)(F)F)c1-c1nc(SC)[nH]c(=O)c1C#N.